The van der Waals surface area contributed by atoms with E-state index in [0.717, 1.165) is 16.9 Å². The molecule has 0 radical (unpaired) electrons. The molecule has 0 aliphatic carbocycles. The molecule has 0 unspecified atom stereocenters. The van der Waals surface area contributed by atoms with Crippen LogP contribution in [0.4, 0.5) is 11.6 Å². The maximum atomic E-state index is 12.6. The summed E-state index contributed by atoms with van der Waals surface area (Å²) in [6.07, 6.45) is 0.849. The third kappa shape index (κ3) is 6.76. The van der Waals surface area contributed by atoms with Gasteiger partial charge in [0.1, 0.15) is 5.75 Å². The normalized spacial score (nSPS) is 11.2. The number of anilines is 2. The Morgan fingerprint density at radius 1 is 0.970 bits per heavy atom. The fraction of sp³-hybridized carbons (Fsp3) is 0.292. The van der Waals surface area contributed by atoms with Crippen molar-refractivity contribution in [2.45, 2.75) is 45.4 Å². The summed E-state index contributed by atoms with van der Waals surface area (Å²) >= 11 is 0. The first-order valence-corrected chi connectivity index (χ1v) is 12.1. The van der Waals surface area contributed by atoms with Crippen LogP contribution in [0.1, 0.15) is 35.4 Å². The number of nitrogens with zero attached hydrogens (tertiary/aromatic N) is 2. The lowest BCUT2D eigenvalue weighted by Gasteiger charge is -2.11. The quantitative estimate of drug-likeness (QED) is 0.453. The first-order valence-electron chi connectivity index (χ1n) is 10.6. The van der Waals surface area contributed by atoms with E-state index in [-0.39, 0.29) is 23.2 Å². The van der Waals surface area contributed by atoms with Gasteiger partial charge in [0.2, 0.25) is 11.9 Å². The van der Waals surface area contributed by atoms with E-state index in [1.807, 2.05) is 32.0 Å². The summed E-state index contributed by atoms with van der Waals surface area (Å²) in [5, 5.41) is 2.77. The Morgan fingerprint density at radius 3 is 2.30 bits per heavy atom. The van der Waals surface area contributed by atoms with Gasteiger partial charge in [-0.3, -0.25) is 4.79 Å². The van der Waals surface area contributed by atoms with Crippen molar-refractivity contribution in [3.05, 3.63) is 71.0 Å². The third-order valence-electron chi connectivity index (χ3n) is 5.02. The molecule has 0 bridgehead atoms. The molecule has 1 heterocycles. The minimum atomic E-state index is -3.85. The number of benzene rings is 2. The minimum Gasteiger partial charge on any atom is -0.493 e. The monoisotopic (exact) mass is 468 g/mol. The maximum absolute atomic E-state index is 12.6. The molecule has 3 rings (SSSR count). The number of rotatable bonds is 9. The highest BCUT2D eigenvalue weighted by Gasteiger charge is 2.16. The number of nitrogens with one attached hydrogen (secondary N) is 2. The van der Waals surface area contributed by atoms with Crippen molar-refractivity contribution in [3.63, 3.8) is 0 Å². The van der Waals surface area contributed by atoms with Gasteiger partial charge in [-0.25, -0.2) is 23.1 Å². The van der Waals surface area contributed by atoms with Gasteiger partial charge in [0.15, 0.2) is 0 Å². The molecule has 1 amide bonds. The molecule has 0 spiro atoms. The summed E-state index contributed by atoms with van der Waals surface area (Å²) in [4.78, 5) is 20.5. The first kappa shape index (κ1) is 24.2. The van der Waals surface area contributed by atoms with E-state index >= 15 is 0 Å². The van der Waals surface area contributed by atoms with Crippen molar-refractivity contribution in [1.29, 1.82) is 0 Å². The molecule has 8 nitrogen and oxygen atoms in total. The molecule has 0 fully saturated rings. The molecule has 3 aromatic rings. The second-order valence-electron chi connectivity index (χ2n) is 7.80. The average Bonchev–Trinajstić information content (AvgIpc) is 2.73. The lowest BCUT2D eigenvalue weighted by Crippen LogP contribution is -2.16. The Morgan fingerprint density at radius 2 is 1.64 bits per heavy atom. The molecule has 0 aliphatic rings. The SMILES string of the molecule is Cc1cc(C)nc(NS(=O)(=O)c2ccc(NC(=O)CCCOc3cccc(C)c3C)cc2)n1. The van der Waals surface area contributed by atoms with E-state index in [4.69, 9.17) is 4.74 Å². The van der Waals surface area contributed by atoms with E-state index in [2.05, 4.69) is 20.0 Å². The van der Waals surface area contributed by atoms with Gasteiger partial charge in [-0.15, -0.1) is 0 Å². The summed E-state index contributed by atoms with van der Waals surface area (Å²) in [6, 6.07) is 13.6. The van der Waals surface area contributed by atoms with Crippen molar-refractivity contribution in [2.75, 3.05) is 16.6 Å². The Hall–Kier alpha value is -3.46. The van der Waals surface area contributed by atoms with Crippen LogP contribution in [0.25, 0.3) is 0 Å². The maximum Gasteiger partial charge on any atom is 0.264 e. The minimum absolute atomic E-state index is 0.0213. The molecule has 0 atom stereocenters. The smallest absolute Gasteiger partial charge is 0.264 e. The Bertz CT molecular complexity index is 1220. The fourth-order valence-corrected chi connectivity index (χ4v) is 4.13. The fourth-order valence-electron chi connectivity index (χ4n) is 3.19. The van der Waals surface area contributed by atoms with E-state index in [1.165, 1.54) is 12.1 Å². The van der Waals surface area contributed by atoms with Gasteiger partial charge in [0.05, 0.1) is 11.5 Å². The number of aryl methyl sites for hydroxylation is 3. The number of sulfonamides is 1. The highest BCUT2D eigenvalue weighted by atomic mass is 32.2. The van der Waals surface area contributed by atoms with Crippen molar-refractivity contribution in [1.82, 2.24) is 9.97 Å². The number of carbonyl (C=O) groups excluding carboxylic acids is 1. The van der Waals surface area contributed by atoms with Gasteiger partial charge in [0.25, 0.3) is 10.0 Å². The van der Waals surface area contributed by atoms with Crippen LogP contribution in [-0.2, 0) is 14.8 Å². The average molecular weight is 469 g/mol. The summed E-state index contributed by atoms with van der Waals surface area (Å²) in [6.45, 7) is 7.99. The van der Waals surface area contributed by atoms with E-state index in [9.17, 15) is 13.2 Å². The first-order chi connectivity index (χ1) is 15.6. The van der Waals surface area contributed by atoms with Gasteiger partial charge in [0, 0.05) is 23.5 Å². The van der Waals surface area contributed by atoms with Crippen LogP contribution in [0.2, 0.25) is 0 Å². The zero-order valence-electron chi connectivity index (χ0n) is 19.2. The second kappa shape index (κ2) is 10.4. The molecule has 0 saturated carbocycles. The highest BCUT2D eigenvalue weighted by molar-refractivity contribution is 7.92. The zero-order chi connectivity index (χ0) is 24.0. The molecule has 2 N–H and O–H groups in total. The number of carbonyl (C=O) groups is 1. The van der Waals surface area contributed by atoms with Gasteiger partial charge in [-0.1, -0.05) is 12.1 Å². The van der Waals surface area contributed by atoms with Crippen molar-refractivity contribution in [3.8, 4) is 5.75 Å². The van der Waals surface area contributed by atoms with Crippen LogP contribution in [0.5, 0.6) is 5.75 Å². The summed E-state index contributed by atoms with van der Waals surface area (Å²) < 4.78 is 33.4. The number of hydrogen-bond donors (Lipinski definition) is 2. The number of ether oxygens (including phenoxy) is 1. The number of amides is 1. The molecular formula is C24H28N4O4S. The molecule has 1 aromatic heterocycles. The van der Waals surface area contributed by atoms with Crippen LogP contribution in [-0.4, -0.2) is 30.9 Å². The van der Waals surface area contributed by atoms with Gasteiger partial charge in [-0.2, -0.15) is 0 Å². The van der Waals surface area contributed by atoms with Crippen LogP contribution in [0.3, 0.4) is 0 Å². The van der Waals surface area contributed by atoms with Crippen LogP contribution in [0.15, 0.2) is 53.4 Å². The van der Waals surface area contributed by atoms with Crippen molar-refractivity contribution < 1.29 is 17.9 Å². The van der Waals surface area contributed by atoms with Gasteiger partial charge >= 0.3 is 0 Å². The Kier molecular flexibility index (Phi) is 7.65. The largest absolute Gasteiger partial charge is 0.493 e. The van der Waals surface area contributed by atoms with Gasteiger partial charge < -0.3 is 10.1 Å². The molecule has 174 valence electrons. The van der Waals surface area contributed by atoms with Crippen LogP contribution in [0, 0.1) is 27.7 Å². The Balaban J connectivity index is 1.51. The predicted octanol–water partition coefficient (Wildman–Crippen LogP) is 4.31. The lowest BCUT2D eigenvalue weighted by atomic mass is 10.1. The van der Waals surface area contributed by atoms with E-state index in [1.54, 1.807) is 32.0 Å². The highest BCUT2D eigenvalue weighted by Crippen LogP contribution is 2.21. The molecule has 0 saturated heterocycles. The standard InChI is InChI=1S/C24H28N4O4S/c1-16-7-5-8-22(19(16)4)32-14-6-9-23(29)27-20-10-12-21(13-11-20)33(30,31)28-24-25-17(2)15-18(3)26-24/h5,7-8,10-13,15H,6,9,14H2,1-4H3,(H,27,29)(H,25,26,28). The molecule has 9 heteroatoms. The number of aromatic nitrogens is 2. The summed E-state index contributed by atoms with van der Waals surface area (Å²) in [5.74, 6) is 0.678. The summed E-state index contributed by atoms with van der Waals surface area (Å²) in [7, 11) is -3.85. The van der Waals surface area contributed by atoms with Crippen LogP contribution < -0.4 is 14.8 Å². The molecule has 33 heavy (non-hydrogen) atoms. The molecular weight excluding hydrogens is 440 g/mol. The van der Waals surface area contributed by atoms with Crippen molar-refractivity contribution in [2.24, 2.45) is 0 Å². The molecule has 2 aromatic carbocycles. The predicted molar refractivity (Wildman–Crippen MR) is 128 cm³/mol. The number of hydrogen-bond acceptors (Lipinski definition) is 6. The van der Waals surface area contributed by atoms with Crippen LogP contribution >= 0.6 is 0 Å². The molecule has 0 aliphatic heterocycles. The zero-order valence-corrected chi connectivity index (χ0v) is 20.0. The topological polar surface area (TPSA) is 110 Å². The van der Waals surface area contributed by atoms with E-state index < -0.39 is 10.0 Å². The van der Waals surface area contributed by atoms with E-state index in [0.29, 0.717) is 30.1 Å². The summed E-state index contributed by atoms with van der Waals surface area (Å²) in [5.41, 5.74) is 4.09. The third-order valence-corrected chi connectivity index (χ3v) is 6.36. The Labute approximate surface area is 194 Å². The van der Waals surface area contributed by atoms with Gasteiger partial charge in [-0.05, 0) is 81.6 Å². The lowest BCUT2D eigenvalue weighted by molar-refractivity contribution is -0.116. The van der Waals surface area contributed by atoms with Crippen molar-refractivity contribution >= 4 is 27.6 Å². The second-order valence-corrected chi connectivity index (χ2v) is 9.48.